The molecule has 0 fully saturated rings. The van der Waals surface area contributed by atoms with Gasteiger partial charge in [0, 0.05) is 60.8 Å². The Kier molecular flexibility index (Phi) is 7.36. The SMILES string of the molecule is O=C(C[C@H](c1ccc(F)cc1)c1cn(Cc2ccc(F)cc2)c2ccccc12)NCCc1ccccn1. The standard InChI is InChI=1S/C31H27F2N3O/c32-24-12-8-22(9-13-24)20-36-21-29(27-6-1-2-7-30(27)36)28(23-10-14-25(33)15-11-23)19-31(37)35-18-16-26-5-3-4-17-34-26/h1-15,17,21,28H,16,18-20H2,(H,35,37)/t28-/m1/s1. The molecule has 4 nitrogen and oxygen atoms in total. The van der Waals surface area contributed by atoms with E-state index in [1.54, 1.807) is 30.5 Å². The Balaban J connectivity index is 1.44. The van der Waals surface area contributed by atoms with Crippen molar-refractivity contribution in [2.75, 3.05) is 6.54 Å². The Hall–Kier alpha value is -4.32. The molecule has 2 heterocycles. The maximum absolute atomic E-state index is 13.8. The molecule has 2 aromatic heterocycles. The first-order valence-corrected chi connectivity index (χ1v) is 12.3. The van der Waals surface area contributed by atoms with Crippen LogP contribution in [0.2, 0.25) is 0 Å². The van der Waals surface area contributed by atoms with Crippen molar-refractivity contribution in [3.8, 4) is 0 Å². The number of carbonyl (C=O) groups excluding carboxylic acids is 1. The van der Waals surface area contributed by atoms with E-state index < -0.39 is 0 Å². The molecule has 0 saturated heterocycles. The molecule has 1 atom stereocenters. The largest absolute Gasteiger partial charge is 0.356 e. The molecule has 37 heavy (non-hydrogen) atoms. The van der Waals surface area contributed by atoms with E-state index in [0.717, 1.165) is 33.3 Å². The van der Waals surface area contributed by atoms with Gasteiger partial charge in [0.05, 0.1) is 0 Å². The predicted molar refractivity (Wildman–Crippen MR) is 141 cm³/mol. The van der Waals surface area contributed by atoms with Gasteiger partial charge in [-0.25, -0.2) is 8.78 Å². The number of para-hydroxylation sites is 1. The topological polar surface area (TPSA) is 46.9 Å². The van der Waals surface area contributed by atoms with Gasteiger partial charge in [-0.2, -0.15) is 0 Å². The van der Waals surface area contributed by atoms with Gasteiger partial charge in [-0.1, -0.05) is 48.5 Å². The Morgan fingerprint density at radius 2 is 1.57 bits per heavy atom. The van der Waals surface area contributed by atoms with Gasteiger partial charge in [0.1, 0.15) is 11.6 Å². The number of hydrogen-bond donors (Lipinski definition) is 1. The van der Waals surface area contributed by atoms with Crippen LogP contribution in [0, 0.1) is 11.6 Å². The molecule has 0 radical (unpaired) electrons. The fourth-order valence-corrected chi connectivity index (χ4v) is 4.71. The van der Waals surface area contributed by atoms with Crippen LogP contribution >= 0.6 is 0 Å². The molecule has 6 heteroatoms. The summed E-state index contributed by atoms with van der Waals surface area (Å²) in [6.07, 6.45) is 4.66. The number of halogens is 2. The van der Waals surface area contributed by atoms with Crippen LogP contribution in [-0.4, -0.2) is 22.0 Å². The Labute approximate surface area is 214 Å². The molecule has 0 bridgehead atoms. The van der Waals surface area contributed by atoms with Gasteiger partial charge in [0.15, 0.2) is 0 Å². The van der Waals surface area contributed by atoms with Crippen molar-refractivity contribution in [2.45, 2.75) is 25.3 Å². The second kappa shape index (κ2) is 11.2. The molecular weight excluding hydrogens is 468 g/mol. The molecule has 1 N–H and O–H groups in total. The number of nitrogens with one attached hydrogen (secondary N) is 1. The quantitative estimate of drug-likeness (QED) is 0.263. The summed E-state index contributed by atoms with van der Waals surface area (Å²) in [7, 11) is 0. The zero-order chi connectivity index (χ0) is 25.6. The molecule has 0 saturated carbocycles. The highest BCUT2D eigenvalue weighted by Gasteiger charge is 2.23. The van der Waals surface area contributed by atoms with E-state index in [0.29, 0.717) is 19.5 Å². The van der Waals surface area contributed by atoms with Gasteiger partial charge in [0.2, 0.25) is 5.91 Å². The molecule has 0 unspecified atom stereocenters. The van der Waals surface area contributed by atoms with E-state index in [9.17, 15) is 13.6 Å². The second-order valence-corrected chi connectivity index (χ2v) is 9.09. The highest BCUT2D eigenvalue weighted by Crippen LogP contribution is 2.35. The molecular formula is C31H27F2N3O. The van der Waals surface area contributed by atoms with Gasteiger partial charge >= 0.3 is 0 Å². The number of rotatable bonds is 9. The van der Waals surface area contributed by atoms with Crippen LogP contribution in [0.15, 0.2) is 103 Å². The Bertz CT molecular complexity index is 1480. The van der Waals surface area contributed by atoms with Crippen LogP contribution in [0.4, 0.5) is 8.78 Å². The van der Waals surface area contributed by atoms with Gasteiger partial charge < -0.3 is 9.88 Å². The molecule has 5 aromatic rings. The number of carbonyl (C=O) groups is 1. The van der Waals surface area contributed by atoms with Gasteiger partial charge in [0.25, 0.3) is 0 Å². The monoisotopic (exact) mass is 495 g/mol. The van der Waals surface area contributed by atoms with Crippen LogP contribution < -0.4 is 5.32 Å². The molecule has 0 aliphatic carbocycles. The minimum absolute atomic E-state index is 0.0828. The van der Waals surface area contributed by atoms with E-state index >= 15 is 0 Å². The number of benzene rings is 3. The molecule has 0 spiro atoms. The summed E-state index contributed by atoms with van der Waals surface area (Å²) in [6.45, 7) is 1.05. The van der Waals surface area contributed by atoms with Gasteiger partial charge in [-0.15, -0.1) is 0 Å². The number of pyridine rings is 1. The summed E-state index contributed by atoms with van der Waals surface area (Å²) in [5.74, 6) is -0.941. The van der Waals surface area contributed by atoms with E-state index in [2.05, 4.69) is 21.1 Å². The third-order valence-corrected chi connectivity index (χ3v) is 6.55. The highest BCUT2D eigenvalue weighted by molar-refractivity contribution is 5.86. The van der Waals surface area contributed by atoms with Crippen LogP contribution in [0.5, 0.6) is 0 Å². The van der Waals surface area contributed by atoms with E-state index in [1.165, 1.54) is 24.3 Å². The second-order valence-electron chi connectivity index (χ2n) is 9.09. The first kappa shape index (κ1) is 24.4. The van der Waals surface area contributed by atoms with E-state index in [-0.39, 0.29) is 29.9 Å². The number of aromatic nitrogens is 2. The summed E-state index contributed by atoms with van der Waals surface area (Å²) in [6, 6.07) is 26.6. The van der Waals surface area contributed by atoms with Crippen molar-refractivity contribution in [1.82, 2.24) is 14.9 Å². The smallest absolute Gasteiger partial charge is 0.220 e. The fraction of sp³-hybridized carbons (Fsp3) is 0.161. The summed E-state index contributed by atoms with van der Waals surface area (Å²) < 4.78 is 29.3. The fourth-order valence-electron chi connectivity index (χ4n) is 4.71. The lowest BCUT2D eigenvalue weighted by molar-refractivity contribution is -0.121. The molecule has 3 aromatic carbocycles. The molecule has 186 valence electrons. The zero-order valence-electron chi connectivity index (χ0n) is 20.3. The van der Waals surface area contributed by atoms with E-state index in [1.807, 2.05) is 42.5 Å². The maximum atomic E-state index is 13.8. The molecule has 5 rings (SSSR count). The van der Waals surface area contributed by atoms with E-state index in [4.69, 9.17) is 0 Å². The zero-order valence-corrected chi connectivity index (χ0v) is 20.3. The van der Waals surface area contributed by atoms with Crippen LogP contribution in [0.3, 0.4) is 0 Å². The van der Waals surface area contributed by atoms with Gasteiger partial charge in [-0.3, -0.25) is 9.78 Å². The number of amides is 1. The first-order chi connectivity index (χ1) is 18.1. The normalized spacial score (nSPS) is 11.9. The van der Waals surface area contributed by atoms with Crippen LogP contribution in [0.25, 0.3) is 10.9 Å². The van der Waals surface area contributed by atoms with Crippen molar-refractivity contribution in [1.29, 1.82) is 0 Å². The van der Waals surface area contributed by atoms with Crippen molar-refractivity contribution in [3.63, 3.8) is 0 Å². The van der Waals surface area contributed by atoms with Crippen molar-refractivity contribution in [3.05, 3.63) is 137 Å². The molecule has 0 aliphatic heterocycles. The predicted octanol–water partition coefficient (Wildman–Crippen LogP) is 6.24. The van der Waals surface area contributed by atoms with Crippen LogP contribution in [-0.2, 0) is 17.8 Å². The lowest BCUT2D eigenvalue weighted by Crippen LogP contribution is -2.27. The summed E-state index contributed by atoms with van der Waals surface area (Å²) in [5.41, 5.74) is 4.76. The molecule has 0 aliphatic rings. The summed E-state index contributed by atoms with van der Waals surface area (Å²) in [4.78, 5) is 17.4. The lowest BCUT2D eigenvalue weighted by Gasteiger charge is -2.17. The Morgan fingerprint density at radius 1 is 0.865 bits per heavy atom. The number of fused-ring (bicyclic) bond motifs is 1. The third kappa shape index (κ3) is 5.92. The molecule has 1 amide bonds. The van der Waals surface area contributed by atoms with Crippen molar-refractivity contribution >= 4 is 16.8 Å². The van der Waals surface area contributed by atoms with Gasteiger partial charge in [-0.05, 0) is 59.2 Å². The minimum atomic E-state index is -0.318. The minimum Gasteiger partial charge on any atom is -0.356 e. The summed E-state index contributed by atoms with van der Waals surface area (Å²) in [5, 5.41) is 4.05. The summed E-state index contributed by atoms with van der Waals surface area (Å²) >= 11 is 0. The number of hydrogen-bond acceptors (Lipinski definition) is 2. The van der Waals surface area contributed by atoms with Crippen LogP contribution in [0.1, 0.15) is 34.7 Å². The lowest BCUT2D eigenvalue weighted by atomic mass is 9.88. The number of nitrogens with zero attached hydrogens (tertiary/aromatic N) is 2. The average molecular weight is 496 g/mol. The third-order valence-electron chi connectivity index (χ3n) is 6.55. The van der Waals surface area contributed by atoms with Crippen molar-refractivity contribution in [2.24, 2.45) is 0 Å². The Morgan fingerprint density at radius 3 is 2.30 bits per heavy atom. The first-order valence-electron chi connectivity index (χ1n) is 12.3. The highest BCUT2D eigenvalue weighted by atomic mass is 19.1. The average Bonchev–Trinajstić information content (AvgIpc) is 3.28. The van der Waals surface area contributed by atoms with Crippen molar-refractivity contribution < 1.29 is 13.6 Å². The maximum Gasteiger partial charge on any atom is 0.220 e.